The SMILES string of the molecule is CN(C(=O)Oc1ccc2c(c1)C(=O)N(C1CCC(=O)NC1=O)C2)c1ccc(OC(F)(F)F)cc1. The Bertz CT molecular complexity index is 1170. The molecule has 4 amide bonds. The first-order valence-electron chi connectivity index (χ1n) is 10.1. The molecule has 1 atom stereocenters. The largest absolute Gasteiger partial charge is 0.573 e. The van der Waals surface area contributed by atoms with E-state index in [2.05, 4.69) is 10.1 Å². The fourth-order valence-electron chi connectivity index (χ4n) is 3.74. The van der Waals surface area contributed by atoms with E-state index in [0.29, 0.717) is 5.56 Å². The van der Waals surface area contributed by atoms with Gasteiger partial charge in [-0.25, -0.2) is 4.79 Å². The fourth-order valence-corrected chi connectivity index (χ4v) is 3.74. The summed E-state index contributed by atoms with van der Waals surface area (Å²) in [5.74, 6) is -1.69. The molecular formula is C22H18F3N3O6. The minimum Gasteiger partial charge on any atom is -0.410 e. The summed E-state index contributed by atoms with van der Waals surface area (Å²) in [6.07, 6.45) is -5.30. The average molecular weight is 477 g/mol. The van der Waals surface area contributed by atoms with Gasteiger partial charge in [0.15, 0.2) is 0 Å². The number of fused-ring (bicyclic) bond motifs is 1. The number of hydrogen-bond acceptors (Lipinski definition) is 6. The molecule has 2 aliphatic rings. The lowest BCUT2D eigenvalue weighted by Crippen LogP contribution is -2.52. The highest BCUT2D eigenvalue weighted by atomic mass is 19.4. The Hall–Kier alpha value is -4.09. The third kappa shape index (κ3) is 4.80. The maximum absolute atomic E-state index is 12.9. The summed E-state index contributed by atoms with van der Waals surface area (Å²) >= 11 is 0. The lowest BCUT2D eigenvalue weighted by molar-refractivity contribution is -0.274. The second-order valence-corrected chi connectivity index (χ2v) is 7.69. The van der Waals surface area contributed by atoms with Gasteiger partial charge in [0.1, 0.15) is 17.5 Å². The first-order chi connectivity index (χ1) is 16.0. The molecule has 0 spiro atoms. The average Bonchev–Trinajstić information content (AvgIpc) is 3.08. The normalized spacial score (nSPS) is 17.8. The molecule has 1 N–H and O–H groups in total. The van der Waals surface area contributed by atoms with E-state index in [1.807, 2.05) is 0 Å². The molecule has 2 aliphatic heterocycles. The van der Waals surface area contributed by atoms with E-state index in [1.54, 1.807) is 6.07 Å². The van der Waals surface area contributed by atoms with Gasteiger partial charge in [0.05, 0.1) is 0 Å². The molecule has 0 aromatic heterocycles. The van der Waals surface area contributed by atoms with Crippen molar-refractivity contribution in [1.82, 2.24) is 10.2 Å². The van der Waals surface area contributed by atoms with Gasteiger partial charge in [0.2, 0.25) is 11.8 Å². The summed E-state index contributed by atoms with van der Waals surface area (Å²) in [7, 11) is 1.37. The predicted molar refractivity (Wildman–Crippen MR) is 110 cm³/mol. The number of anilines is 1. The van der Waals surface area contributed by atoms with Crippen molar-refractivity contribution in [3.63, 3.8) is 0 Å². The molecule has 0 radical (unpaired) electrons. The summed E-state index contributed by atoms with van der Waals surface area (Å²) in [6, 6.07) is 8.35. The van der Waals surface area contributed by atoms with Crippen LogP contribution < -0.4 is 19.7 Å². The number of carbonyl (C=O) groups is 4. The van der Waals surface area contributed by atoms with Crippen molar-refractivity contribution >= 4 is 29.5 Å². The summed E-state index contributed by atoms with van der Waals surface area (Å²) in [6.45, 7) is 0.181. The Balaban J connectivity index is 1.43. The highest BCUT2D eigenvalue weighted by Gasteiger charge is 2.39. The molecule has 1 fully saturated rings. The number of hydrogen-bond donors (Lipinski definition) is 1. The first-order valence-corrected chi connectivity index (χ1v) is 10.1. The molecule has 178 valence electrons. The topological polar surface area (TPSA) is 105 Å². The quantitative estimate of drug-likeness (QED) is 0.679. The van der Waals surface area contributed by atoms with Crippen LogP contribution in [-0.4, -0.2) is 48.2 Å². The van der Waals surface area contributed by atoms with E-state index in [0.717, 1.165) is 17.0 Å². The summed E-state index contributed by atoms with van der Waals surface area (Å²) in [4.78, 5) is 51.3. The highest BCUT2D eigenvalue weighted by molar-refractivity contribution is 6.05. The second-order valence-electron chi connectivity index (χ2n) is 7.69. The van der Waals surface area contributed by atoms with Crippen LogP contribution in [0, 0.1) is 0 Å². The maximum atomic E-state index is 12.9. The number of carbonyl (C=O) groups excluding carboxylic acids is 4. The highest BCUT2D eigenvalue weighted by Crippen LogP contribution is 2.31. The lowest BCUT2D eigenvalue weighted by atomic mass is 10.0. The summed E-state index contributed by atoms with van der Waals surface area (Å²) < 4.78 is 46.0. The molecule has 0 bridgehead atoms. The molecule has 2 aromatic carbocycles. The lowest BCUT2D eigenvalue weighted by Gasteiger charge is -2.29. The number of piperidine rings is 1. The van der Waals surface area contributed by atoms with Gasteiger partial charge in [-0.2, -0.15) is 0 Å². The van der Waals surface area contributed by atoms with Gasteiger partial charge in [-0.3, -0.25) is 24.6 Å². The van der Waals surface area contributed by atoms with Crippen molar-refractivity contribution in [3.8, 4) is 11.5 Å². The minimum atomic E-state index is -4.83. The van der Waals surface area contributed by atoms with Crippen LogP contribution in [0.3, 0.4) is 0 Å². The zero-order valence-corrected chi connectivity index (χ0v) is 17.7. The predicted octanol–water partition coefficient (Wildman–Crippen LogP) is 2.98. The molecule has 1 unspecified atom stereocenters. The molecule has 4 rings (SSSR count). The number of halogens is 3. The van der Waals surface area contributed by atoms with E-state index in [9.17, 15) is 32.3 Å². The van der Waals surface area contributed by atoms with Gasteiger partial charge in [-0.05, 0) is 48.4 Å². The zero-order chi connectivity index (χ0) is 24.6. The van der Waals surface area contributed by atoms with Crippen LogP contribution in [0.2, 0.25) is 0 Å². The Labute approximate surface area is 191 Å². The van der Waals surface area contributed by atoms with Crippen LogP contribution in [0.25, 0.3) is 0 Å². The minimum absolute atomic E-state index is 0.0751. The molecule has 0 aliphatic carbocycles. The van der Waals surface area contributed by atoms with E-state index >= 15 is 0 Å². The van der Waals surface area contributed by atoms with Gasteiger partial charge in [-0.1, -0.05) is 6.07 Å². The molecule has 9 nitrogen and oxygen atoms in total. The summed E-state index contributed by atoms with van der Waals surface area (Å²) in [5, 5.41) is 2.22. The van der Waals surface area contributed by atoms with Gasteiger partial charge >= 0.3 is 12.5 Å². The van der Waals surface area contributed by atoms with Crippen LogP contribution in [0.1, 0.15) is 28.8 Å². The second kappa shape index (κ2) is 8.69. The van der Waals surface area contributed by atoms with Crippen molar-refractivity contribution < 1.29 is 41.8 Å². The third-order valence-electron chi connectivity index (χ3n) is 5.44. The Morgan fingerprint density at radius 1 is 1.09 bits per heavy atom. The first kappa shape index (κ1) is 23.1. The number of imide groups is 1. The van der Waals surface area contributed by atoms with E-state index in [1.165, 1.54) is 36.2 Å². The Morgan fingerprint density at radius 3 is 2.41 bits per heavy atom. The van der Waals surface area contributed by atoms with Crippen LogP contribution in [0.15, 0.2) is 42.5 Å². The number of amides is 4. The molecule has 1 saturated heterocycles. The zero-order valence-electron chi connectivity index (χ0n) is 17.7. The number of nitrogens with zero attached hydrogens (tertiary/aromatic N) is 2. The van der Waals surface area contributed by atoms with Crippen molar-refractivity contribution in [2.45, 2.75) is 31.8 Å². The van der Waals surface area contributed by atoms with Crippen LogP contribution >= 0.6 is 0 Å². The standard InChI is InChI=1S/C22H18F3N3O6/c1-27(13-3-6-14(7-4-13)34-22(23,24)25)21(32)33-15-5-2-12-11-28(20(31)16(12)10-15)17-8-9-18(29)26-19(17)30/h2-7,10,17H,8-9,11H2,1H3,(H,26,29,30). The van der Waals surface area contributed by atoms with Gasteiger partial charge in [0.25, 0.3) is 5.91 Å². The van der Waals surface area contributed by atoms with Crippen molar-refractivity contribution in [2.24, 2.45) is 0 Å². The maximum Gasteiger partial charge on any atom is 0.573 e. The third-order valence-corrected chi connectivity index (χ3v) is 5.44. The van der Waals surface area contributed by atoms with Crippen molar-refractivity contribution in [2.75, 3.05) is 11.9 Å². The molecular weight excluding hydrogens is 459 g/mol. The molecule has 12 heteroatoms. The van der Waals surface area contributed by atoms with Crippen LogP contribution in [-0.2, 0) is 16.1 Å². The van der Waals surface area contributed by atoms with Crippen molar-refractivity contribution in [3.05, 3.63) is 53.6 Å². The molecule has 2 aromatic rings. The smallest absolute Gasteiger partial charge is 0.410 e. The van der Waals surface area contributed by atoms with Crippen molar-refractivity contribution in [1.29, 1.82) is 0 Å². The molecule has 0 saturated carbocycles. The number of alkyl halides is 3. The Morgan fingerprint density at radius 2 is 1.76 bits per heavy atom. The number of rotatable bonds is 4. The molecule has 2 heterocycles. The number of nitrogens with one attached hydrogen (secondary N) is 1. The van der Waals surface area contributed by atoms with Gasteiger partial charge in [0, 0.05) is 31.3 Å². The number of ether oxygens (including phenoxy) is 2. The van der Waals surface area contributed by atoms with Gasteiger partial charge < -0.3 is 14.4 Å². The fraction of sp³-hybridized carbons (Fsp3) is 0.273. The van der Waals surface area contributed by atoms with E-state index in [-0.39, 0.29) is 42.3 Å². The summed E-state index contributed by atoms with van der Waals surface area (Å²) in [5.41, 5.74) is 1.16. The van der Waals surface area contributed by atoms with E-state index < -0.39 is 36.1 Å². The molecule has 34 heavy (non-hydrogen) atoms. The van der Waals surface area contributed by atoms with Crippen LogP contribution in [0.5, 0.6) is 11.5 Å². The van der Waals surface area contributed by atoms with E-state index in [4.69, 9.17) is 4.74 Å². The monoisotopic (exact) mass is 477 g/mol. The Kier molecular flexibility index (Phi) is 5.90. The van der Waals surface area contributed by atoms with Gasteiger partial charge in [-0.15, -0.1) is 13.2 Å². The van der Waals surface area contributed by atoms with Crippen LogP contribution in [0.4, 0.5) is 23.7 Å². The number of benzene rings is 2.